The van der Waals surface area contributed by atoms with Gasteiger partial charge in [-0.3, -0.25) is 4.79 Å². The number of hydrogen-bond acceptors (Lipinski definition) is 5. The van der Waals surface area contributed by atoms with Gasteiger partial charge in [0.25, 0.3) is 0 Å². The molecule has 1 heterocycles. The largest absolute Gasteiger partial charge is 0.468 e. The van der Waals surface area contributed by atoms with Crippen LogP contribution in [0.5, 0.6) is 0 Å². The van der Waals surface area contributed by atoms with Crippen LogP contribution >= 0.6 is 11.8 Å². The van der Waals surface area contributed by atoms with Gasteiger partial charge in [0.1, 0.15) is 11.1 Å². The molecule has 0 radical (unpaired) electrons. The zero-order chi connectivity index (χ0) is 16.1. The van der Waals surface area contributed by atoms with Crippen LogP contribution in [0.1, 0.15) is 18.2 Å². The van der Waals surface area contributed by atoms with Crippen molar-refractivity contribution in [2.45, 2.75) is 30.5 Å². The summed E-state index contributed by atoms with van der Waals surface area (Å²) in [4.78, 5) is 15.7. The van der Waals surface area contributed by atoms with Crippen molar-refractivity contribution in [2.75, 3.05) is 7.11 Å². The number of benzene rings is 1. The first kappa shape index (κ1) is 16.5. The predicted octanol–water partition coefficient (Wildman–Crippen LogP) is 2.22. The van der Waals surface area contributed by atoms with Crippen molar-refractivity contribution >= 4 is 17.7 Å². The average Bonchev–Trinajstić information content (AvgIpc) is 2.90. The molecule has 0 spiro atoms. The van der Waals surface area contributed by atoms with Gasteiger partial charge in [0.15, 0.2) is 5.16 Å². The predicted molar refractivity (Wildman–Crippen MR) is 81.0 cm³/mol. The Bertz CT molecular complexity index is 660. The average molecular weight is 324 g/mol. The van der Waals surface area contributed by atoms with E-state index in [0.29, 0.717) is 16.4 Å². The summed E-state index contributed by atoms with van der Waals surface area (Å²) in [6, 6.07) is 6.43. The lowest BCUT2D eigenvalue weighted by atomic mass is 10.2. The Balaban J connectivity index is 2.28. The summed E-state index contributed by atoms with van der Waals surface area (Å²) in [5.74, 6) is -0.687. The number of ether oxygens (including phenoxy) is 1. The van der Waals surface area contributed by atoms with Crippen molar-refractivity contribution in [3.63, 3.8) is 0 Å². The molecule has 7 heteroatoms. The van der Waals surface area contributed by atoms with E-state index in [1.807, 2.05) is 0 Å². The minimum absolute atomic E-state index is 0.214. The van der Waals surface area contributed by atoms with Gasteiger partial charge in [-0.05, 0) is 13.0 Å². The van der Waals surface area contributed by atoms with Crippen molar-refractivity contribution in [1.82, 2.24) is 9.55 Å². The molecule has 1 N–H and O–H groups in total. The Morgan fingerprint density at radius 2 is 2.23 bits per heavy atom. The molecule has 0 amide bonds. The van der Waals surface area contributed by atoms with E-state index in [4.69, 9.17) is 0 Å². The fourth-order valence-corrected chi connectivity index (χ4v) is 2.88. The highest BCUT2D eigenvalue weighted by atomic mass is 32.2. The molecule has 0 aliphatic rings. The molecule has 0 aliphatic heterocycles. The molecule has 5 nitrogen and oxygen atoms in total. The van der Waals surface area contributed by atoms with Crippen molar-refractivity contribution < 1.29 is 19.0 Å². The van der Waals surface area contributed by atoms with Gasteiger partial charge >= 0.3 is 5.97 Å². The van der Waals surface area contributed by atoms with Gasteiger partial charge in [0, 0.05) is 5.56 Å². The van der Waals surface area contributed by atoms with Gasteiger partial charge in [-0.25, -0.2) is 9.37 Å². The number of carbonyl (C=O) groups is 1. The SMILES string of the molecule is COC(=O)[C@@H](C)Sc1ncc(CO)n1Cc1ccccc1F. The van der Waals surface area contributed by atoms with Crippen LogP contribution < -0.4 is 0 Å². The Labute approximate surface area is 132 Å². The standard InChI is InChI=1S/C15H17FN2O3S/c1-10(14(20)21-2)22-15-17-7-12(9-19)18(15)8-11-5-3-4-6-13(11)16/h3-7,10,19H,8-9H2,1-2H3/t10-/m1/s1. The lowest BCUT2D eigenvalue weighted by Crippen LogP contribution is -2.16. The van der Waals surface area contributed by atoms with Crippen LogP contribution in [0.2, 0.25) is 0 Å². The topological polar surface area (TPSA) is 64.3 Å². The second-order valence-corrected chi connectivity index (χ2v) is 5.96. The van der Waals surface area contributed by atoms with Crippen molar-refractivity contribution in [3.8, 4) is 0 Å². The van der Waals surface area contributed by atoms with Crippen LogP contribution in [0.4, 0.5) is 4.39 Å². The number of methoxy groups -OCH3 is 1. The number of carbonyl (C=O) groups excluding carboxylic acids is 1. The molecular weight excluding hydrogens is 307 g/mol. The number of hydrogen-bond donors (Lipinski definition) is 1. The number of thioether (sulfide) groups is 1. The maximum absolute atomic E-state index is 13.8. The van der Waals surface area contributed by atoms with E-state index in [-0.39, 0.29) is 24.9 Å². The minimum atomic E-state index is -0.446. The van der Waals surface area contributed by atoms with Crippen LogP contribution in [0, 0.1) is 5.82 Å². The number of esters is 1. The molecule has 1 aromatic carbocycles. The minimum Gasteiger partial charge on any atom is -0.468 e. The summed E-state index contributed by atoms with van der Waals surface area (Å²) in [6.07, 6.45) is 1.52. The third kappa shape index (κ3) is 3.66. The summed E-state index contributed by atoms with van der Waals surface area (Å²) in [5.41, 5.74) is 1.05. The summed E-state index contributed by atoms with van der Waals surface area (Å²) < 4.78 is 20.2. The Morgan fingerprint density at radius 3 is 2.86 bits per heavy atom. The monoisotopic (exact) mass is 324 g/mol. The van der Waals surface area contributed by atoms with E-state index in [1.165, 1.54) is 31.1 Å². The first-order valence-corrected chi connectivity index (χ1v) is 7.58. The number of aliphatic hydroxyl groups is 1. The quantitative estimate of drug-likeness (QED) is 0.652. The van der Waals surface area contributed by atoms with Crippen molar-refractivity contribution in [3.05, 3.63) is 47.5 Å². The summed E-state index contributed by atoms with van der Waals surface area (Å²) in [5, 5.41) is 9.50. The van der Waals surface area contributed by atoms with E-state index >= 15 is 0 Å². The van der Waals surface area contributed by atoms with Crippen molar-refractivity contribution in [1.29, 1.82) is 0 Å². The maximum Gasteiger partial charge on any atom is 0.318 e. The molecule has 0 aliphatic carbocycles. The van der Waals surface area contributed by atoms with Gasteiger partial charge in [-0.1, -0.05) is 30.0 Å². The summed E-state index contributed by atoms with van der Waals surface area (Å²) in [6.45, 7) is 1.73. The molecule has 1 atom stereocenters. The Kier molecular flexibility index (Phi) is 5.57. The number of halogens is 1. The Hall–Kier alpha value is -1.86. The number of rotatable bonds is 6. The smallest absolute Gasteiger partial charge is 0.318 e. The molecule has 0 saturated carbocycles. The molecule has 0 fully saturated rings. The zero-order valence-corrected chi connectivity index (χ0v) is 13.1. The molecule has 2 aromatic rings. The van der Waals surface area contributed by atoms with Gasteiger partial charge < -0.3 is 14.4 Å². The lowest BCUT2D eigenvalue weighted by Gasteiger charge is -2.13. The van der Waals surface area contributed by atoms with Crippen LogP contribution in [0.3, 0.4) is 0 Å². The van der Waals surface area contributed by atoms with Crippen LogP contribution in [-0.4, -0.2) is 33.0 Å². The van der Waals surface area contributed by atoms with E-state index in [1.54, 1.807) is 29.7 Å². The first-order chi connectivity index (χ1) is 10.6. The molecule has 22 heavy (non-hydrogen) atoms. The zero-order valence-electron chi connectivity index (χ0n) is 12.3. The van der Waals surface area contributed by atoms with Crippen molar-refractivity contribution in [2.24, 2.45) is 0 Å². The van der Waals surface area contributed by atoms with Crippen LogP contribution in [0.25, 0.3) is 0 Å². The third-order valence-electron chi connectivity index (χ3n) is 3.17. The molecule has 2 rings (SSSR count). The molecule has 0 saturated heterocycles. The number of imidazole rings is 1. The molecule has 0 bridgehead atoms. The number of aromatic nitrogens is 2. The van der Waals surface area contributed by atoms with Gasteiger partial charge in [-0.2, -0.15) is 0 Å². The van der Waals surface area contributed by atoms with Gasteiger partial charge in [-0.15, -0.1) is 0 Å². The van der Waals surface area contributed by atoms with E-state index in [9.17, 15) is 14.3 Å². The highest BCUT2D eigenvalue weighted by Gasteiger charge is 2.20. The summed E-state index contributed by atoms with van der Waals surface area (Å²) >= 11 is 1.21. The van der Waals surface area contributed by atoms with Gasteiger partial charge in [0.05, 0.1) is 32.2 Å². The van der Waals surface area contributed by atoms with Crippen LogP contribution in [-0.2, 0) is 22.7 Å². The molecule has 1 aromatic heterocycles. The lowest BCUT2D eigenvalue weighted by molar-refractivity contribution is -0.139. The highest BCUT2D eigenvalue weighted by molar-refractivity contribution is 8.00. The number of nitrogens with zero attached hydrogens (tertiary/aromatic N) is 2. The normalized spacial score (nSPS) is 12.2. The molecular formula is C15H17FN2O3S. The highest BCUT2D eigenvalue weighted by Crippen LogP contribution is 2.25. The second kappa shape index (κ2) is 7.42. The summed E-state index contributed by atoms with van der Waals surface area (Å²) in [7, 11) is 1.32. The first-order valence-electron chi connectivity index (χ1n) is 6.70. The molecule has 0 unspecified atom stereocenters. The van der Waals surface area contributed by atoms with E-state index in [0.717, 1.165) is 0 Å². The fraction of sp³-hybridized carbons (Fsp3) is 0.333. The third-order valence-corrected chi connectivity index (χ3v) is 4.25. The maximum atomic E-state index is 13.8. The van der Waals surface area contributed by atoms with Gasteiger partial charge in [0.2, 0.25) is 0 Å². The number of aliphatic hydroxyl groups excluding tert-OH is 1. The second-order valence-electron chi connectivity index (χ2n) is 4.65. The van der Waals surface area contributed by atoms with E-state index in [2.05, 4.69) is 9.72 Å². The Morgan fingerprint density at radius 1 is 1.50 bits per heavy atom. The fourth-order valence-electron chi connectivity index (χ4n) is 1.95. The van der Waals surface area contributed by atoms with Crippen LogP contribution in [0.15, 0.2) is 35.6 Å². The molecule has 118 valence electrons. The van der Waals surface area contributed by atoms with E-state index < -0.39 is 5.25 Å².